The summed E-state index contributed by atoms with van der Waals surface area (Å²) in [4.78, 5) is 9.33. The van der Waals surface area contributed by atoms with E-state index in [1.54, 1.807) is 0 Å². The Morgan fingerprint density at radius 1 is 2.00 bits per heavy atom. The fourth-order valence-electron chi connectivity index (χ4n) is 0.312. The molecule has 0 fully saturated rings. The van der Waals surface area contributed by atoms with Crippen molar-refractivity contribution in [3.05, 3.63) is 15.9 Å². The van der Waals surface area contributed by atoms with Gasteiger partial charge in [-0.2, -0.15) is 0 Å². The number of rotatable bonds is 0. The summed E-state index contributed by atoms with van der Waals surface area (Å²) in [5.74, 6) is 2.62. The summed E-state index contributed by atoms with van der Waals surface area (Å²) in [5, 5.41) is 9.82. The van der Waals surface area contributed by atoms with Crippen molar-refractivity contribution < 1.29 is 4.92 Å². The summed E-state index contributed by atoms with van der Waals surface area (Å²) in [6.45, 7) is 0. The zero-order valence-corrected chi connectivity index (χ0v) is 4.64. The molecule has 1 rings (SSSR count). The topological polar surface area (TPSA) is 55.5 Å². The smallest absolute Gasteiger partial charge is 0.349 e. The number of hydrogen-bond acceptors (Lipinski definition) is 4. The summed E-state index contributed by atoms with van der Waals surface area (Å²) < 4.78 is 3.46. The Morgan fingerprint density at radius 2 is 2.75 bits per heavy atom. The summed E-state index contributed by atoms with van der Waals surface area (Å²) in [6, 6.07) is 0. The number of amidine groups is 1. The Morgan fingerprint density at radius 3 is 3.00 bits per heavy atom. The largest absolute Gasteiger partial charge is 0.358 e. The molecule has 0 aromatic heterocycles. The average molecular weight is 130 g/mol. The molecule has 1 aliphatic rings. The molecule has 42 valence electrons. The van der Waals surface area contributed by atoms with Crippen LogP contribution in [0, 0.1) is 15.9 Å². The monoisotopic (exact) mass is 130 g/mol. The third-order valence-electron chi connectivity index (χ3n) is 0.657. The van der Waals surface area contributed by atoms with Crippen molar-refractivity contribution in [2.75, 3.05) is 0 Å². The third-order valence-corrected chi connectivity index (χ3v) is 1.23. The fraction of sp³-hybridized carbons (Fsp3) is 0.333. The number of nitro groups is 1. The van der Waals surface area contributed by atoms with E-state index in [0.29, 0.717) is 0 Å². The fourth-order valence-corrected chi connectivity index (χ4v) is 0.807. The maximum Gasteiger partial charge on any atom is 0.349 e. The molecule has 0 aromatic rings. The summed E-state index contributed by atoms with van der Waals surface area (Å²) in [7, 11) is 0. The lowest BCUT2D eigenvalue weighted by atomic mass is 10.5. The molecule has 2 radical (unpaired) electrons. The second-order valence-electron chi connectivity index (χ2n) is 1.18. The highest BCUT2D eigenvalue weighted by Gasteiger charge is 2.19. The van der Waals surface area contributed by atoms with Gasteiger partial charge in [-0.3, -0.25) is 0 Å². The molecule has 4 nitrogen and oxygen atoms in total. The van der Waals surface area contributed by atoms with Crippen LogP contribution in [0.3, 0.4) is 0 Å². The van der Waals surface area contributed by atoms with Crippen molar-refractivity contribution in [1.29, 1.82) is 0 Å². The Labute approximate surface area is 50.3 Å². The molecule has 0 bridgehead atoms. The Bertz CT molecular complexity index is 144. The van der Waals surface area contributed by atoms with Crippen LogP contribution in [0.15, 0.2) is 4.40 Å². The van der Waals surface area contributed by atoms with Gasteiger partial charge in [-0.25, -0.2) is 0 Å². The predicted molar refractivity (Wildman–Crippen MR) is 29.9 cm³/mol. The molecule has 0 amide bonds. The summed E-state index contributed by atoms with van der Waals surface area (Å²) in [6.07, 6.45) is 0.262. The molecule has 0 aromatic carbocycles. The first-order chi connectivity index (χ1) is 3.80. The SMILES string of the molecule is O=[N+]([O-])C1=NS[C]C1. The van der Waals surface area contributed by atoms with E-state index in [9.17, 15) is 10.1 Å². The standard InChI is InChI=1S/C3H2N2O2S/c6-5(7)3-1-2-8-4-3/h1H2. The van der Waals surface area contributed by atoms with E-state index < -0.39 is 4.92 Å². The first-order valence-corrected chi connectivity index (χ1v) is 2.68. The van der Waals surface area contributed by atoms with Crippen LogP contribution in [0.1, 0.15) is 6.42 Å². The van der Waals surface area contributed by atoms with Gasteiger partial charge in [0.15, 0.2) is 0 Å². The van der Waals surface area contributed by atoms with Gasteiger partial charge in [0.05, 0.1) is 6.42 Å². The Kier molecular flexibility index (Phi) is 1.48. The first kappa shape index (κ1) is 5.55. The highest BCUT2D eigenvalue weighted by molar-refractivity contribution is 8.00. The maximum absolute atomic E-state index is 9.82. The van der Waals surface area contributed by atoms with Crippen molar-refractivity contribution in [3.8, 4) is 0 Å². The van der Waals surface area contributed by atoms with Crippen LogP contribution in [0.5, 0.6) is 0 Å². The van der Waals surface area contributed by atoms with Crippen LogP contribution in [0.2, 0.25) is 0 Å². The second kappa shape index (κ2) is 2.13. The lowest BCUT2D eigenvalue weighted by Crippen LogP contribution is -2.06. The molecule has 0 spiro atoms. The molecule has 1 aliphatic heterocycles. The lowest BCUT2D eigenvalue weighted by Gasteiger charge is -1.85. The van der Waals surface area contributed by atoms with E-state index in [1.165, 1.54) is 0 Å². The van der Waals surface area contributed by atoms with Gasteiger partial charge in [-0.05, 0) is 9.32 Å². The molecular weight excluding hydrogens is 128 g/mol. The van der Waals surface area contributed by atoms with Crippen molar-refractivity contribution in [3.63, 3.8) is 0 Å². The second-order valence-corrected chi connectivity index (χ2v) is 1.83. The molecule has 0 saturated heterocycles. The summed E-state index contributed by atoms with van der Waals surface area (Å²) >= 11 is 1.01. The van der Waals surface area contributed by atoms with E-state index in [4.69, 9.17) is 0 Å². The molecule has 0 unspecified atom stereocenters. The zero-order chi connectivity index (χ0) is 5.98. The van der Waals surface area contributed by atoms with Gasteiger partial charge < -0.3 is 10.1 Å². The van der Waals surface area contributed by atoms with Gasteiger partial charge in [0.1, 0.15) is 17.7 Å². The Hall–Kier alpha value is -0.580. The van der Waals surface area contributed by atoms with Crippen molar-refractivity contribution >= 4 is 17.8 Å². The van der Waals surface area contributed by atoms with Crippen LogP contribution in [-0.2, 0) is 0 Å². The van der Waals surface area contributed by atoms with Crippen LogP contribution in [0.4, 0.5) is 0 Å². The quantitative estimate of drug-likeness (QED) is 0.276. The van der Waals surface area contributed by atoms with E-state index in [1.807, 2.05) is 0 Å². The molecule has 0 aliphatic carbocycles. The lowest BCUT2D eigenvalue weighted by molar-refractivity contribution is -0.351. The van der Waals surface area contributed by atoms with Crippen LogP contribution in [-0.4, -0.2) is 10.8 Å². The predicted octanol–water partition coefficient (Wildman–Crippen LogP) is 0.752. The van der Waals surface area contributed by atoms with Gasteiger partial charge in [0, 0.05) is 0 Å². The molecule has 1 heterocycles. The number of nitrogens with zero attached hydrogens (tertiary/aromatic N) is 2. The van der Waals surface area contributed by atoms with Gasteiger partial charge >= 0.3 is 5.84 Å². The molecular formula is C3H2N2O2S. The molecule has 0 saturated carbocycles. The number of hydrogen-bond donors (Lipinski definition) is 0. The molecule has 8 heavy (non-hydrogen) atoms. The van der Waals surface area contributed by atoms with E-state index in [-0.39, 0.29) is 12.3 Å². The normalized spacial score (nSPS) is 18.2. The van der Waals surface area contributed by atoms with Crippen LogP contribution >= 0.6 is 11.9 Å². The van der Waals surface area contributed by atoms with Gasteiger partial charge in [0.25, 0.3) is 0 Å². The van der Waals surface area contributed by atoms with Crippen LogP contribution < -0.4 is 0 Å². The first-order valence-electron chi connectivity index (χ1n) is 1.91. The van der Waals surface area contributed by atoms with Gasteiger partial charge in [0.2, 0.25) is 0 Å². The molecule has 0 N–H and O–H groups in total. The van der Waals surface area contributed by atoms with E-state index >= 15 is 0 Å². The van der Waals surface area contributed by atoms with E-state index in [2.05, 4.69) is 10.2 Å². The zero-order valence-electron chi connectivity index (χ0n) is 3.83. The van der Waals surface area contributed by atoms with Gasteiger partial charge in [-0.15, -0.1) is 0 Å². The van der Waals surface area contributed by atoms with Crippen molar-refractivity contribution in [1.82, 2.24) is 0 Å². The average Bonchev–Trinajstić information content (AvgIpc) is 2.12. The minimum atomic E-state index is -0.493. The maximum atomic E-state index is 9.82. The minimum Gasteiger partial charge on any atom is -0.358 e. The highest BCUT2D eigenvalue weighted by atomic mass is 32.2. The molecule has 0 atom stereocenters. The summed E-state index contributed by atoms with van der Waals surface area (Å²) in [5.41, 5.74) is 0. The molecule has 5 heteroatoms. The minimum absolute atomic E-state index is 0.00463. The van der Waals surface area contributed by atoms with Crippen LogP contribution in [0.25, 0.3) is 0 Å². The van der Waals surface area contributed by atoms with Crippen molar-refractivity contribution in [2.24, 2.45) is 4.40 Å². The highest BCUT2D eigenvalue weighted by Crippen LogP contribution is 2.19. The van der Waals surface area contributed by atoms with E-state index in [0.717, 1.165) is 11.9 Å². The van der Waals surface area contributed by atoms with Gasteiger partial charge in [-0.1, -0.05) is 0 Å². The third kappa shape index (κ3) is 0.975. The Balaban J connectivity index is 2.57. The van der Waals surface area contributed by atoms with Crippen molar-refractivity contribution in [2.45, 2.75) is 6.42 Å².